The number of hydrogen-bond donors (Lipinski definition) is 3. The maximum Gasteiger partial charge on any atom is 0.305 e. The summed E-state index contributed by atoms with van der Waals surface area (Å²) in [5.74, 6) is -0.358. The maximum atomic E-state index is 11.3. The SMILES string of the molecule is CCC(=O)Nc1ccc(OC)c(NCCC(=O)O)c1. The van der Waals surface area contributed by atoms with Crippen molar-refractivity contribution in [1.82, 2.24) is 0 Å². The Morgan fingerprint density at radius 1 is 1.37 bits per heavy atom. The summed E-state index contributed by atoms with van der Waals surface area (Å²) in [4.78, 5) is 21.8. The zero-order chi connectivity index (χ0) is 14.3. The molecule has 1 amide bonds. The monoisotopic (exact) mass is 266 g/mol. The molecule has 1 rings (SSSR count). The van der Waals surface area contributed by atoms with Crippen molar-refractivity contribution in [2.45, 2.75) is 19.8 Å². The summed E-state index contributed by atoms with van der Waals surface area (Å²) < 4.78 is 5.17. The van der Waals surface area contributed by atoms with Gasteiger partial charge in [-0.1, -0.05) is 6.92 Å². The molecule has 0 atom stereocenters. The number of hydrogen-bond acceptors (Lipinski definition) is 4. The third-order valence-electron chi connectivity index (χ3n) is 2.46. The van der Waals surface area contributed by atoms with E-state index in [9.17, 15) is 9.59 Å². The summed E-state index contributed by atoms with van der Waals surface area (Å²) in [6.45, 7) is 2.06. The minimum absolute atomic E-state index is 0.00863. The van der Waals surface area contributed by atoms with Crippen molar-refractivity contribution in [3.05, 3.63) is 18.2 Å². The minimum atomic E-state index is -0.873. The first-order valence-electron chi connectivity index (χ1n) is 6.00. The Morgan fingerprint density at radius 2 is 2.11 bits per heavy atom. The molecule has 0 radical (unpaired) electrons. The number of methoxy groups -OCH3 is 1. The Morgan fingerprint density at radius 3 is 2.68 bits per heavy atom. The average molecular weight is 266 g/mol. The first-order valence-corrected chi connectivity index (χ1v) is 6.00. The van der Waals surface area contributed by atoms with Crippen molar-refractivity contribution in [3.63, 3.8) is 0 Å². The molecule has 6 nitrogen and oxygen atoms in total. The molecule has 0 saturated heterocycles. The molecule has 1 aromatic rings. The van der Waals surface area contributed by atoms with Gasteiger partial charge in [0, 0.05) is 18.7 Å². The molecule has 0 aromatic heterocycles. The van der Waals surface area contributed by atoms with E-state index in [1.165, 1.54) is 7.11 Å². The van der Waals surface area contributed by atoms with Crippen LogP contribution in [0, 0.1) is 0 Å². The molecular weight excluding hydrogens is 248 g/mol. The highest BCUT2D eigenvalue weighted by atomic mass is 16.5. The molecule has 0 spiro atoms. The molecule has 1 aromatic carbocycles. The third-order valence-corrected chi connectivity index (χ3v) is 2.46. The second-order valence-electron chi connectivity index (χ2n) is 3.89. The van der Waals surface area contributed by atoms with Gasteiger partial charge in [-0.15, -0.1) is 0 Å². The van der Waals surface area contributed by atoms with E-state index in [2.05, 4.69) is 10.6 Å². The fraction of sp³-hybridized carbons (Fsp3) is 0.385. The van der Waals surface area contributed by atoms with Crippen LogP contribution in [-0.4, -0.2) is 30.6 Å². The zero-order valence-corrected chi connectivity index (χ0v) is 11.0. The van der Waals surface area contributed by atoms with Gasteiger partial charge in [0.05, 0.1) is 19.2 Å². The van der Waals surface area contributed by atoms with Crippen LogP contribution in [0.4, 0.5) is 11.4 Å². The fourth-order valence-corrected chi connectivity index (χ4v) is 1.48. The average Bonchev–Trinajstić information content (AvgIpc) is 2.38. The minimum Gasteiger partial charge on any atom is -0.495 e. The van der Waals surface area contributed by atoms with Crippen LogP contribution in [0.3, 0.4) is 0 Å². The molecule has 0 unspecified atom stereocenters. The molecule has 104 valence electrons. The maximum absolute atomic E-state index is 11.3. The van der Waals surface area contributed by atoms with Crippen LogP contribution in [0.15, 0.2) is 18.2 Å². The molecule has 6 heteroatoms. The van der Waals surface area contributed by atoms with Crippen LogP contribution < -0.4 is 15.4 Å². The molecule has 0 bridgehead atoms. The number of carboxylic acid groups (broad SMARTS) is 1. The van der Waals surface area contributed by atoms with Crippen molar-refractivity contribution >= 4 is 23.3 Å². The van der Waals surface area contributed by atoms with Crippen molar-refractivity contribution in [3.8, 4) is 5.75 Å². The number of ether oxygens (including phenoxy) is 1. The Hall–Kier alpha value is -2.24. The Bertz CT molecular complexity index is 460. The lowest BCUT2D eigenvalue weighted by Crippen LogP contribution is -2.11. The summed E-state index contributed by atoms with van der Waals surface area (Å²) in [5, 5.41) is 14.3. The summed E-state index contributed by atoms with van der Waals surface area (Å²) in [7, 11) is 1.53. The van der Waals surface area contributed by atoms with Crippen molar-refractivity contribution in [2.24, 2.45) is 0 Å². The number of rotatable bonds is 7. The molecule has 0 fully saturated rings. The van der Waals surface area contributed by atoms with Gasteiger partial charge in [-0.05, 0) is 18.2 Å². The van der Waals surface area contributed by atoms with Gasteiger partial charge in [-0.3, -0.25) is 9.59 Å². The van der Waals surface area contributed by atoms with E-state index in [1.807, 2.05) is 0 Å². The zero-order valence-electron chi connectivity index (χ0n) is 11.0. The van der Waals surface area contributed by atoms with E-state index in [0.29, 0.717) is 23.5 Å². The first-order chi connectivity index (χ1) is 9.06. The number of amides is 1. The van der Waals surface area contributed by atoms with Gasteiger partial charge >= 0.3 is 5.97 Å². The smallest absolute Gasteiger partial charge is 0.305 e. The third kappa shape index (κ3) is 4.87. The summed E-state index contributed by atoms with van der Waals surface area (Å²) in [6.07, 6.45) is 0.405. The molecule has 0 aliphatic heterocycles. The van der Waals surface area contributed by atoms with E-state index >= 15 is 0 Å². The van der Waals surface area contributed by atoms with E-state index < -0.39 is 5.97 Å². The van der Waals surface area contributed by atoms with E-state index in [-0.39, 0.29) is 18.9 Å². The quantitative estimate of drug-likeness (QED) is 0.702. The van der Waals surface area contributed by atoms with Gasteiger partial charge in [-0.2, -0.15) is 0 Å². The second kappa shape index (κ2) is 7.25. The largest absolute Gasteiger partial charge is 0.495 e. The lowest BCUT2D eigenvalue weighted by atomic mass is 10.2. The van der Waals surface area contributed by atoms with Gasteiger partial charge in [0.15, 0.2) is 0 Å². The molecule has 19 heavy (non-hydrogen) atoms. The Labute approximate surface area is 111 Å². The van der Waals surface area contributed by atoms with Crippen LogP contribution in [0.1, 0.15) is 19.8 Å². The topological polar surface area (TPSA) is 87.7 Å². The normalized spacial score (nSPS) is 9.79. The molecule has 0 aliphatic carbocycles. The number of anilines is 2. The molecule has 0 saturated carbocycles. The van der Waals surface area contributed by atoms with Crippen LogP contribution in [0.5, 0.6) is 5.75 Å². The number of benzene rings is 1. The van der Waals surface area contributed by atoms with Crippen LogP contribution in [0.2, 0.25) is 0 Å². The Balaban J connectivity index is 2.77. The van der Waals surface area contributed by atoms with Crippen molar-refractivity contribution in [1.29, 1.82) is 0 Å². The summed E-state index contributed by atoms with van der Waals surface area (Å²) in [5.41, 5.74) is 1.29. The van der Waals surface area contributed by atoms with Gasteiger partial charge in [0.25, 0.3) is 0 Å². The molecule has 0 aliphatic rings. The Kier molecular flexibility index (Phi) is 5.66. The summed E-state index contributed by atoms with van der Waals surface area (Å²) >= 11 is 0. The predicted octanol–water partition coefficient (Wildman–Crippen LogP) is 1.93. The number of carbonyl (C=O) groups excluding carboxylic acids is 1. The number of carboxylic acids is 1. The second-order valence-corrected chi connectivity index (χ2v) is 3.89. The van der Waals surface area contributed by atoms with Crippen molar-refractivity contribution in [2.75, 3.05) is 24.3 Å². The standard InChI is InChI=1S/C13H18N2O4/c1-3-12(16)15-9-4-5-11(19-2)10(8-9)14-7-6-13(17)18/h4-5,8,14H,3,6-7H2,1-2H3,(H,15,16)(H,17,18). The van der Waals surface area contributed by atoms with E-state index in [1.54, 1.807) is 25.1 Å². The molecular formula is C13H18N2O4. The highest BCUT2D eigenvalue weighted by Crippen LogP contribution is 2.27. The van der Waals surface area contributed by atoms with Gasteiger partial charge in [-0.25, -0.2) is 0 Å². The number of aliphatic carboxylic acids is 1. The first kappa shape index (κ1) is 14.8. The fourth-order valence-electron chi connectivity index (χ4n) is 1.48. The van der Waals surface area contributed by atoms with Crippen LogP contribution >= 0.6 is 0 Å². The van der Waals surface area contributed by atoms with Gasteiger partial charge in [0.2, 0.25) is 5.91 Å². The highest BCUT2D eigenvalue weighted by Gasteiger charge is 2.06. The van der Waals surface area contributed by atoms with Gasteiger partial charge < -0.3 is 20.5 Å². The van der Waals surface area contributed by atoms with Crippen LogP contribution in [-0.2, 0) is 9.59 Å². The van der Waals surface area contributed by atoms with Crippen LogP contribution in [0.25, 0.3) is 0 Å². The molecule has 3 N–H and O–H groups in total. The lowest BCUT2D eigenvalue weighted by Gasteiger charge is -2.12. The predicted molar refractivity (Wildman–Crippen MR) is 72.7 cm³/mol. The lowest BCUT2D eigenvalue weighted by molar-refractivity contribution is -0.136. The van der Waals surface area contributed by atoms with Gasteiger partial charge in [0.1, 0.15) is 5.75 Å². The highest BCUT2D eigenvalue weighted by molar-refractivity contribution is 5.91. The van der Waals surface area contributed by atoms with E-state index in [0.717, 1.165) is 0 Å². The summed E-state index contributed by atoms with van der Waals surface area (Å²) in [6, 6.07) is 5.16. The van der Waals surface area contributed by atoms with Crippen molar-refractivity contribution < 1.29 is 19.4 Å². The number of carbonyl (C=O) groups is 2. The van der Waals surface area contributed by atoms with E-state index in [4.69, 9.17) is 9.84 Å². The number of nitrogens with one attached hydrogen (secondary N) is 2. The molecule has 0 heterocycles.